The van der Waals surface area contributed by atoms with E-state index in [-0.39, 0.29) is 25.2 Å². The van der Waals surface area contributed by atoms with Crippen molar-refractivity contribution in [2.45, 2.75) is 0 Å². The van der Waals surface area contributed by atoms with Crippen LogP contribution in [0.25, 0.3) is 28.4 Å². The predicted octanol–water partition coefficient (Wildman–Crippen LogP) is 3.19. The molecule has 0 amide bonds. The molecule has 0 aliphatic rings. The first-order valence-corrected chi connectivity index (χ1v) is 6.88. The molecular weight excluding hydrogens is 342 g/mol. The minimum Gasteiger partial charge on any atom is -0.507 e. The molecule has 0 bridgehead atoms. The van der Waals surface area contributed by atoms with E-state index in [9.17, 15) is 5.11 Å². The zero-order valence-corrected chi connectivity index (χ0v) is 15.3. The van der Waals surface area contributed by atoms with Crippen molar-refractivity contribution in [3.63, 3.8) is 0 Å². The van der Waals surface area contributed by atoms with Gasteiger partial charge in [-0.1, -0.05) is 30.3 Å². The van der Waals surface area contributed by atoms with Crippen molar-refractivity contribution in [3.8, 4) is 22.8 Å². The van der Waals surface area contributed by atoms with Crippen molar-refractivity contribution in [2.24, 2.45) is 0 Å². The first-order valence-electron chi connectivity index (χ1n) is 6.88. The number of phenolic OH excluding ortho intramolecular Hbond substituents is 1. The summed E-state index contributed by atoms with van der Waals surface area (Å²) in [4.78, 5) is 13.2. The third-order valence-electron chi connectivity index (χ3n) is 3.46. The van der Waals surface area contributed by atoms with Crippen LogP contribution in [0.1, 0.15) is 0 Å². The van der Waals surface area contributed by atoms with Crippen LogP contribution in [-0.4, -0.2) is 24.6 Å². The second kappa shape index (κ2) is 6.26. The SMILES string of the molecule is Oc1ccccc1-c1nc2nccnc2n1-c1ccccc1.[Zn]. The quantitative estimate of drug-likeness (QED) is 0.562. The van der Waals surface area contributed by atoms with Gasteiger partial charge in [0.05, 0.1) is 5.56 Å². The first kappa shape index (κ1) is 15.3. The van der Waals surface area contributed by atoms with Crippen LogP contribution in [0.3, 0.4) is 0 Å². The molecule has 0 aliphatic carbocycles. The van der Waals surface area contributed by atoms with Gasteiger partial charge in [-0.25, -0.2) is 15.0 Å². The molecule has 0 unspecified atom stereocenters. The number of fused-ring (bicyclic) bond motifs is 1. The summed E-state index contributed by atoms with van der Waals surface area (Å²) in [6.45, 7) is 0. The average Bonchev–Trinajstić information content (AvgIpc) is 2.95. The van der Waals surface area contributed by atoms with Crippen LogP contribution in [0.15, 0.2) is 67.0 Å². The molecule has 1 N–H and O–H groups in total. The number of phenols is 1. The van der Waals surface area contributed by atoms with Crippen LogP contribution in [0, 0.1) is 0 Å². The van der Waals surface area contributed by atoms with Crippen LogP contribution in [0.5, 0.6) is 5.75 Å². The van der Waals surface area contributed by atoms with Gasteiger partial charge in [0.2, 0.25) is 0 Å². The van der Waals surface area contributed by atoms with E-state index >= 15 is 0 Å². The normalized spacial score (nSPS) is 10.4. The topological polar surface area (TPSA) is 63.8 Å². The van der Waals surface area contributed by atoms with E-state index in [1.165, 1.54) is 0 Å². The van der Waals surface area contributed by atoms with Gasteiger partial charge in [0.25, 0.3) is 0 Å². The molecule has 0 fully saturated rings. The Balaban J connectivity index is 0.00000156. The molecule has 6 heteroatoms. The number of para-hydroxylation sites is 2. The van der Waals surface area contributed by atoms with Gasteiger partial charge in [-0.2, -0.15) is 0 Å². The van der Waals surface area contributed by atoms with Crippen molar-refractivity contribution >= 4 is 11.3 Å². The minimum absolute atomic E-state index is 0. The minimum atomic E-state index is 0. The fourth-order valence-corrected chi connectivity index (χ4v) is 2.48. The molecule has 2 aromatic heterocycles. The molecule has 5 nitrogen and oxygen atoms in total. The largest absolute Gasteiger partial charge is 0.507 e. The maximum absolute atomic E-state index is 10.2. The molecule has 0 spiro atoms. The summed E-state index contributed by atoms with van der Waals surface area (Å²) in [5.74, 6) is 0.792. The predicted molar refractivity (Wildman–Crippen MR) is 83.8 cm³/mol. The summed E-state index contributed by atoms with van der Waals surface area (Å²) in [7, 11) is 0. The monoisotopic (exact) mass is 352 g/mol. The number of aromatic nitrogens is 4. The summed E-state index contributed by atoms with van der Waals surface area (Å²) in [5.41, 5.74) is 2.77. The second-order valence-corrected chi connectivity index (χ2v) is 4.83. The summed E-state index contributed by atoms with van der Waals surface area (Å²) in [5, 5.41) is 10.2. The molecule has 2 aromatic carbocycles. The summed E-state index contributed by atoms with van der Waals surface area (Å²) in [6, 6.07) is 16.9. The van der Waals surface area contributed by atoms with Crippen LogP contribution < -0.4 is 0 Å². The Hall–Kier alpha value is -2.59. The zero-order chi connectivity index (χ0) is 14.9. The molecule has 4 rings (SSSR count). The Labute approximate surface area is 145 Å². The first-order chi connectivity index (χ1) is 10.8. The maximum Gasteiger partial charge on any atom is 0.198 e. The van der Waals surface area contributed by atoms with E-state index in [0.29, 0.717) is 22.7 Å². The van der Waals surface area contributed by atoms with Crippen molar-refractivity contribution < 1.29 is 24.6 Å². The third kappa shape index (κ3) is 2.62. The Morgan fingerprint density at radius 2 is 1.52 bits per heavy atom. The molecule has 0 radical (unpaired) electrons. The van der Waals surface area contributed by atoms with E-state index in [4.69, 9.17) is 0 Å². The Morgan fingerprint density at radius 1 is 0.826 bits per heavy atom. The number of nitrogens with zero attached hydrogens (tertiary/aromatic N) is 4. The molecular formula is C17H12N4OZn. The van der Waals surface area contributed by atoms with E-state index in [0.717, 1.165) is 5.69 Å². The number of hydrogen-bond acceptors (Lipinski definition) is 4. The molecule has 0 aliphatic heterocycles. The van der Waals surface area contributed by atoms with E-state index < -0.39 is 0 Å². The summed E-state index contributed by atoms with van der Waals surface area (Å²) in [6.07, 6.45) is 3.25. The van der Waals surface area contributed by atoms with Gasteiger partial charge in [-0.3, -0.25) is 4.57 Å². The van der Waals surface area contributed by atoms with Crippen molar-refractivity contribution in [1.29, 1.82) is 0 Å². The molecule has 108 valence electrons. The molecule has 2 heterocycles. The summed E-state index contributed by atoms with van der Waals surface area (Å²) < 4.78 is 1.90. The van der Waals surface area contributed by atoms with Crippen molar-refractivity contribution in [1.82, 2.24) is 19.5 Å². The third-order valence-corrected chi connectivity index (χ3v) is 3.46. The fourth-order valence-electron chi connectivity index (χ4n) is 2.48. The summed E-state index contributed by atoms with van der Waals surface area (Å²) >= 11 is 0. The number of aromatic hydroxyl groups is 1. The maximum atomic E-state index is 10.2. The second-order valence-electron chi connectivity index (χ2n) is 4.83. The smallest absolute Gasteiger partial charge is 0.198 e. The fraction of sp³-hybridized carbons (Fsp3) is 0. The van der Waals surface area contributed by atoms with E-state index in [1.54, 1.807) is 24.5 Å². The van der Waals surface area contributed by atoms with E-state index in [1.807, 2.05) is 47.0 Å². The van der Waals surface area contributed by atoms with Crippen molar-refractivity contribution in [2.75, 3.05) is 0 Å². The van der Waals surface area contributed by atoms with Crippen LogP contribution in [0.4, 0.5) is 0 Å². The Morgan fingerprint density at radius 3 is 2.30 bits per heavy atom. The van der Waals surface area contributed by atoms with Gasteiger partial charge in [0.15, 0.2) is 17.1 Å². The van der Waals surface area contributed by atoms with E-state index in [2.05, 4.69) is 15.0 Å². The Bertz CT molecular complexity index is 953. The van der Waals surface area contributed by atoms with Gasteiger partial charge < -0.3 is 5.11 Å². The van der Waals surface area contributed by atoms with Gasteiger partial charge in [0.1, 0.15) is 5.75 Å². The van der Waals surface area contributed by atoms with Gasteiger partial charge in [-0.15, -0.1) is 0 Å². The van der Waals surface area contributed by atoms with Crippen LogP contribution >= 0.6 is 0 Å². The average molecular weight is 354 g/mol. The zero-order valence-electron chi connectivity index (χ0n) is 12.3. The Kier molecular flexibility index (Phi) is 4.17. The molecule has 23 heavy (non-hydrogen) atoms. The number of hydrogen-bond donors (Lipinski definition) is 1. The molecule has 0 atom stereocenters. The molecule has 0 saturated heterocycles. The number of rotatable bonds is 2. The number of benzene rings is 2. The van der Waals surface area contributed by atoms with Gasteiger partial charge in [-0.05, 0) is 24.3 Å². The standard InChI is InChI=1S/C17H12N4O.Zn/c22-14-9-5-4-8-13(14)16-20-15-17(19-11-10-18-15)21(16)12-6-2-1-3-7-12;/h1-11,22H;. The molecule has 4 aromatic rings. The van der Waals surface area contributed by atoms with Crippen LogP contribution in [0.2, 0.25) is 0 Å². The van der Waals surface area contributed by atoms with Gasteiger partial charge >= 0.3 is 0 Å². The van der Waals surface area contributed by atoms with Gasteiger partial charge in [0, 0.05) is 37.6 Å². The van der Waals surface area contributed by atoms with Crippen molar-refractivity contribution in [3.05, 3.63) is 67.0 Å². The molecule has 0 saturated carbocycles. The number of imidazole rings is 1. The van der Waals surface area contributed by atoms with Crippen LogP contribution in [-0.2, 0) is 19.5 Å².